The van der Waals surface area contributed by atoms with Gasteiger partial charge < -0.3 is 44.0 Å². The van der Waals surface area contributed by atoms with Gasteiger partial charge in [0.1, 0.15) is 24.6 Å². The SMILES string of the molecule is CC[N+](CC)(CC)Cc1ccc(O)c(C=N[C@@H]2CCCC[C@H]2N=Cc2cc(C[N+](CC)(CC)CC)ccc2O)c1.[Cl-].[Cl-]. The molecule has 2 aromatic rings. The van der Waals surface area contributed by atoms with Crippen LogP contribution >= 0.6 is 0 Å². The first-order valence-corrected chi connectivity index (χ1v) is 15.7. The van der Waals surface area contributed by atoms with Crippen molar-refractivity contribution in [3.05, 3.63) is 58.7 Å². The predicted octanol–water partition coefficient (Wildman–Crippen LogP) is 0.708. The van der Waals surface area contributed by atoms with Gasteiger partial charge in [0.2, 0.25) is 0 Å². The van der Waals surface area contributed by atoms with E-state index in [4.69, 9.17) is 9.98 Å². The lowest BCUT2D eigenvalue weighted by Gasteiger charge is -2.36. The maximum Gasteiger partial charge on any atom is 0.124 e. The molecule has 3 rings (SSSR count). The van der Waals surface area contributed by atoms with Crippen LogP contribution in [0.1, 0.15) is 89.5 Å². The highest BCUT2D eigenvalue weighted by Crippen LogP contribution is 2.27. The van der Waals surface area contributed by atoms with E-state index in [1.165, 1.54) is 11.1 Å². The van der Waals surface area contributed by atoms with Gasteiger partial charge in [-0.3, -0.25) is 9.98 Å². The first-order valence-electron chi connectivity index (χ1n) is 15.7. The van der Waals surface area contributed by atoms with Gasteiger partial charge in [-0.25, -0.2) is 0 Å². The number of aliphatic imine (C=N–C) groups is 2. The van der Waals surface area contributed by atoms with E-state index in [0.717, 1.165) is 98.1 Å². The third-order valence-electron chi connectivity index (χ3n) is 9.75. The fourth-order valence-corrected chi connectivity index (χ4v) is 6.19. The summed E-state index contributed by atoms with van der Waals surface area (Å²) in [5.41, 5.74) is 4.02. The summed E-state index contributed by atoms with van der Waals surface area (Å²) in [5.74, 6) is 0.543. The lowest BCUT2D eigenvalue weighted by atomic mass is 9.91. The van der Waals surface area contributed by atoms with Crippen LogP contribution in [0.3, 0.4) is 0 Å². The van der Waals surface area contributed by atoms with Crippen LogP contribution in [0.4, 0.5) is 0 Å². The van der Waals surface area contributed by atoms with Crippen molar-refractivity contribution in [3.63, 3.8) is 0 Å². The van der Waals surface area contributed by atoms with E-state index in [1.807, 2.05) is 36.7 Å². The number of hydrogen-bond acceptors (Lipinski definition) is 4. The van der Waals surface area contributed by atoms with Crippen molar-refractivity contribution in [1.82, 2.24) is 0 Å². The zero-order chi connectivity index (χ0) is 29.2. The van der Waals surface area contributed by atoms with E-state index in [-0.39, 0.29) is 48.4 Å². The smallest absolute Gasteiger partial charge is 0.124 e. The summed E-state index contributed by atoms with van der Waals surface area (Å²) in [7, 11) is 0. The van der Waals surface area contributed by atoms with Gasteiger partial charge in [-0.2, -0.15) is 0 Å². The maximum atomic E-state index is 10.6. The van der Waals surface area contributed by atoms with Crippen LogP contribution in [0, 0.1) is 0 Å². The summed E-state index contributed by atoms with van der Waals surface area (Å²) < 4.78 is 2.06. The highest BCUT2D eigenvalue weighted by atomic mass is 35.5. The standard InChI is InChI=1S/C34H52N4O2.2ClH/c1-7-37(8-2,9-3)25-27-17-19-33(39)29(21-27)23-35-31-15-13-14-16-32(31)36-24-30-22-28(18-20-34(30)40)26-38(10-4,11-5)12-6;;/h17-24,31-32H,7-16,25-26H2,1-6H3;2*1H/t31-,32-;;/m1../s1. The van der Waals surface area contributed by atoms with E-state index in [2.05, 4.69) is 53.7 Å². The van der Waals surface area contributed by atoms with Gasteiger partial charge >= 0.3 is 0 Å². The molecule has 0 unspecified atom stereocenters. The Balaban J connectivity index is 0.00000441. The molecule has 2 atom stereocenters. The fraction of sp³-hybridized carbons (Fsp3) is 0.588. The minimum atomic E-state index is 0. The Morgan fingerprint density at radius 3 is 1.26 bits per heavy atom. The normalized spacial score (nSPS) is 17.8. The number of benzene rings is 2. The van der Waals surface area contributed by atoms with Crippen LogP contribution in [0.15, 0.2) is 46.4 Å². The van der Waals surface area contributed by atoms with Gasteiger partial charge in [-0.1, -0.05) is 12.8 Å². The maximum absolute atomic E-state index is 10.6. The lowest BCUT2D eigenvalue weighted by molar-refractivity contribution is -0.936. The van der Waals surface area contributed by atoms with Crippen molar-refractivity contribution in [1.29, 1.82) is 0 Å². The Morgan fingerprint density at radius 1 is 0.619 bits per heavy atom. The predicted molar refractivity (Wildman–Crippen MR) is 169 cm³/mol. The number of aromatic hydroxyl groups is 2. The average Bonchev–Trinajstić information content (AvgIpc) is 2.99. The van der Waals surface area contributed by atoms with Crippen LogP contribution in [0.2, 0.25) is 0 Å². The first kappa shape index (κ1) is 37.9. The highest BCUT2D eigenvalue weighted by molar-refractivity contribution is 5.84. The molecule has 42 heavy (non-hydrogen) atoms. The van der Waals surface area contributed by atoms with Crippen LogP contribution in [0.25, 0.3) is 0 Å². The molecule has 0 radical (unpaired) electrons. The number of quaternary nitrogens is 2. The van der Waals surface area contributed by atoms with Crippen molar-refractivity contribution in [2.24, 2.45) is 9.98 Å². The van der Waals surface area contributed by atoms with Crippen molar-refractivity contribution in [2.75, 3.05) is 39.3 Å². The lowest BCUT2D eigenvalue weighted by Crippen LogP contribution is -3.00. The Hall–Kier alpha value is -2.12. The zero-order valence-corrected chi connectivity index (χ0v) is 28.2. The van der Waals surface area contributed by atoms with Crippen LogP contribution < -0.4 is 24.8 Å². The second-order valence-corrected chi connectivity index (χ2v) is 11.7. The fourth-order valence-electron chi connectivity index (χ4n) is 6.19. The van der Waals surface area contributed by atoms with E-state index in [0.29, 0.717) is 0 Å². The molecule has 2 aromatic carbocycles. The monoisotopic (exact) mass is 620 g/mol. The van der Waals surface area contributed by atoms with Crippen LogP contribution in [-0.2, 0) is 13.1 Å². The van der Waals surface area contributed by atoms with Crippen molar-refractivity contribution in [2.45, 2.75) is 92.4 Å². The largest absolute Gasteiger partial charge is 1.00 e. The van der Waals surface area contributed by atoms with Gasteiger partial charge in [-0.15, -0.1) is 0 Å². The highest BCUT2D eigenvalue weighted by Gasteiger charge is 2.25. The summed E-state index contributed by atoms with van der Waals surface area (Å²) in [6.07, 6.45) is 7.94. The molecule has 1 fully saturated rings. The molecule has 2 N–H and O–H groups in total. The summed E-state index contributed by atoms with van der Waals surface area (Å²) in [6, 6.07) is 12.0. The molecule has 0 aliphatic heterocycles. The molecule has 0 spiro atoms. The van der Waals surface area contributed by atoms with Gasteiger partial charge in [0.05, 0.1) is 51.4 Å². The number of nitrogens with zero attached hydrogens (tertiary/aromatic N) is 4. The van der Waals surface area contributed by atoms with Gasteiger partial charge in [0.25, 0.3) is 0 Å². The minimum Gasteiger partial charge on any atom is -1.00 e. The van der Waals surface area contributed by atoms with Crippen LogP contribution in [-0.4, -0.2) is 83.0 Å². The molecule has 0 aromatic heterocycles. The molecule has 6 nitrogen and oxygen atoms in total. The molecule has 0 saturated heterocycles. The molecule has 1 aliphatic rings. The van der Waals surface area contributed by atoms with E-state index < -0.39 is 0 Å². The number of phenols is 2. The molecule has 8 heteroatoms. The second kappa shape index (κ2) is 17.9. The van der Waals surface area contributed by atoms with Crippen molar-refractivity contribution < 1.29 is 44.0 Å². The number of halogens is 2. The number of hydrogen-bond donors (Lipinski definition) is 2. The van der Waals surface area contributed by atoms with Gasteiger partial charge in [-0.05, 0) is 90.8 Å². The van der Waals surface area contributed by atoms with Crippen LogP contribution in [0.5, 0.6) is 11.5 Å². The molecule has 236 valence electrons. The quantitative estimate of drug-likeness (QED) is 0.241. The summed E-state index contributed by atoms with van der Waals surface area (Å²) in [4.78, 5) is 9.92. The van der Waals surface area contributed by atoms with Crippen molar-refractivity contribution >= 4 is 12.4 Å². The average molecular weight is 622 g/mol. The van der Waals surface area contributed by atoms with Crippen molar-refractivity contribution in [3.8, 4) is 11.5 Å². The molecule has 1 saturated carbocycles. The summed E-state index contributed by atoms with van der Waals surface area (Å²) >= 11 is 0. The van der Waals surface area contributed by atoms with Gasteiger partial charge in [0.15, 0.2) is 0 Å². The number of rotatable bonds is 14. The molecule has 0 amide bonds. The molecule has 0 heterocycles. The second-order valence-electron chi connectivity index (χ2n) is 11.7. The minimum absolute atomic E-state index is 0. The molecule has 1 aliphatic carbocycles. The molecule has 0 bridgehead atoms. The van der Waals surface area contributed by atoms with Gasteiger partial charge in [0, 0.05) is 34.7 Å². The Labute approximate surface area is 267 Å². The third-order valence-corrected chi connectivity index (χ3v) is 9.75. The first-order chi connectivity index (χ1) is 19.3. The third kappa shape index (κ3) is 9.70. The van der Waals surface area contributed by atoms with E-state index in [1.54, 1.807) is 0 Å². The molecular formula is C34H54Cl2N4O2. The summed E-state index contributed by atoms with van der Waals surface area (Å²) in [6.45, 7) is 22.0. The van der Waals surface area contributed by atoms with E-state index >= 15 is 0 Å². The zero-order valence-electron chi connectivity index (χ0n) is 26.7. The summed E-state index contributed by atoms with van der Waals surface area (Å²) in [5, 5.41) is 21.2. The Bertz CT molecular complexity index is 1040. The molecular weight excluding hydrogens is 567 g/mol. The Morgan fingerprint density at radius 2 is 0.952 bits per heavy atom. The Kier molecular flexibility index (Phi) is 16.1. The topological polar surface area (TPSA) is 65.2 Å². The number of phenolic OH excluding ortho intramolecular Hbond substituents is 2. The van der Waals surface area contributed by atoms with E-state index in [9.17, 15) is 10.2 Å².